The van der Waals surface area contributed by atoms with Gasteiger partial charge in [-0.2, -0.15) is 11.8 Å². The maximum atomic E-state index is 12.5. The van der Waals surface area contributed by atoms with Crippen LogP contribution in [0.4, 0.5) is 0 Å². The summed E-state index contributed by atoms with van der Waals surface area (Å²) in [5.41, 5.74) is 0.107. The molecule has 156 valence electrons. The largest absolute Gasteiger partial charge is 0.381 e. The molecule has 0 fully saturated rings. The summed E-state index contributed by atoms with van der Waals surface area (Å²) in [6, 6.07) is 0. The van der Waals surface area contributed by atoms with E-state index in [0.29, 0.717) is 5.25 Å². The van der Waals surface area contributed by atoms with Crippen molar-refractivity contribution in [3.8, 4) is 0 Å². The van der Waals surface area contributed by atoms with Crippen LogP contribution in [0, 0.1) is 16.2 Å². The van der Waals surface area contributed by atoms with Crippen LogP contribution in [0.25, 0.3) is 0 Å². The zero-order valence-electron chi connectivity index (χ0n) is 19.0. The number of nitrogens with one attached hydrogen (secondary N) is 1. The number of amides is 1. The summed E-state index contributed by atoms with van der Waals surface area (Å²) >= 11 is 1.89. The van der Waals surface area contributed by atoms with Crippen LogP contribution >= 0.6 is 11.8 Å². The molecule has 1 unspecified atom stereocenters. The predicted molar refractivity (Wildman–Crippen MR) is 117 cm³/mol. The van der Waals surface area contributed by atoms with Crippen molar-refractivity contribution in [3.05, 3.63) is 0 Å². The van der Waals surface area contributed by atoms with Gasteiger partial charge in [0.1, 0.15) is 0 Å². The third kappa shape index (κ3) is 13.0. The second kappa shape index (κ2) is 11.6. The van der Waals surface area contributed by atoms with Crippen LogP contribution in [-0.2, 0) is 9.53 Å². The standard InChI is InChI=1S/C22H45NO2S/c1-18(26-9)11-10-15-23-19(24)22(7,8)13-12-21(5,6)14-16-25-17-20(2,3)4/h18H,10-17H2,1-9H3,(H,23,24). The Labute approximate surface area is 167 Å². The van der Waals surface area contributed by atoms with Crippen molar-refractivity contribution in [1.29, 1.82) is 0 Å². The monoisotopic (exact) mass is 387 g/mol. The quantitative estimate of drug-likeness (QED) is 0.399. The Morgan fingerprint density at radius 3 is 2.19 bits per heavy atom. The van der Waals surface area contributed by atoms with Crippen molar-refractivity contribution < 1.29 is 9.53 Å². The molecule has 0 aromatic carbocycles. The van der Waals surface area contributed by atoms with Crippen LogP contribution in [0.5, 0.6) is 0 Å². The van der Waals surface area contributed by atoms with E-state index in [9.17, 15) is 4.79 Å². The summed E-state index contributed by atoms with van der Waals surface area (Å²) in [6.07, 6.45) is 7.33. The highest BCUT2D eigenvalue weighted by Crippen LogP contribution is 2.33. The first kappa shape index (κ1) is 25.8. The first-order valence-electron chi connectivity index (χ1n) is 10.2. The summed E-state index contributed by atoms with van der Waals surface area (Å²) < 4.78 is 5.83. The molecule has 1 amide bonds. The molecule has 0 saturated carbocycles. The Morgan fingerprint density at radius 1 is 1.04 bits per heavy atom. The Morgan fingerprint density at radius 2 is 1.65 bits per heavy atom. The highest BCUT2D eigenvalue weighted by atomic mass is 32.2. The molecule has 0 radical (unpaired) electrons. The highest BCUT2D eigenvalue weighted by molar-refractivity contribution is 7.99. The van der Waals surface area contributed by atoms with Crippen molar-refractivity contribution in [1.82, 2.24) is 5.32 Å². The lowest BCUT2D eigenvalue weighted by molar-refractivity contribution is -0.130. The van der Waals surface area contributed by atoms with Gasteiger partial charge in [0.2, 0.25) is 5.91 Å². The Hall–Kier alpha value is -0.220. The first-order valence-corrected chi connectivity index (χ1v) is 11.5. The molecule has 1 atom stereocenters. The van der Waals surface area contributed by atoms with Gasteiger partial charge in [-0.1, -0.05) is 55.4 Å². The smallest absolute Gasteiger partial charge is 0.225 e. The maximum absolute atomic E-state index is 12.5. The van der Waals surface area contributed by atoms with Crippen LogP contribution in [0.3, 0.4) is 0 Å². The van der Waals surface area contributed by atoms with Gasteiger partial charge in [0, 0.05) is 23.8 Å². The summed E-state index contributed by atoms with van der Waals surface area (Å²) in [7, 11) is 0. The normalized spacial score (nSPS) is 14.3. The molecule has 0 heterocycles. The highest BCUT2D eigenvalue weighted by Gasteiger charge is 2.30. The van der Waals surface area contributed by atoms with E-state index >= 15 is 0 Å². The first-order chi connectivity index (χ1) is 11.8. The zero-order chi connectivity index (χ0) is 20.4. The third-order valence-corrected chi connectivity index (χ3v) is 6.02. The summed E-state index contributed by atoms with van der Waals surface area (Å²) in [4.78, 5) is 12.5. The number of thioether (sulfide) groups is 1. The van der Waals surface area contributed by atoms with E-state index in [1.54, 1.807) is 0 Å². The molecule has 0 aliphatic heterocycles. The van der Waals surface area contributed by atoms with Gasteiger partial charge >= 0.3 is 0 Å². The van der Waals surface area contributed by atoms with Gasteiger partial charge in [0.15, 0.2) is 0 Å². The number of rotatable bonds is 13. The van der Waals surface area contributed by atoms with Crippen molar-refractivity contribution in [2.24, 2.45) is 16.2 Å². The predicted octanol–water partition coefficient (Wildman–Crippen LogP) is 5.92. The molecule has 0 bridgehead atoms. The molecule has 0 aromatic heterocycles. The minimum absolute atomic E-state index is 0.189. The van der Waals surface area contributed by atoms with Crippen molar-refractivity contribution >= 4 is 17.7 Å². The van der Waals surface area contributed by atoms with E-state index < -0.39 is 0 Å². The van der Waals surface area contributed by atoms with Crippen LogP contribution in [0.1, 0.15) is 87.5 Å². The molecule has 1 N–H and O–H groups in total. The molecule has 4 heteroatoms. The van der Waals surface area contributed by atoms with Crippen LogP contribution in [0.2, 0.25) is 0 Å². The fourth-order valence-corrected chi connectivity index (χ4v) is 2.97. The summed E-state index contributed by atoms with van der Waals surface area (Å²) in [5, 5.41) is 3.80. The van der Waals surface area contributed by atoms with Gasteiger partial charge < -0.3 is 10.1 Å². The number of ether oxygens (including phenoxy) is 1. The van der Waals surface area contributed by atoms with Crippen LogP contribution < -0.4 is 5.32 Å². The summed E-state index contributed by atoms with van der Waals surface area (Å²) in [6.45, 7) is 19.9. The fourth-order valence-electron chi connectivity index (χ4n) is 2.56. The molecule has 0 rings (SSSR count). The Bertz CT molecular complexity index is 399. The van der Waals surface area contributed by atoms with Gasteiger partial charge in [0.05, 0.1) is 6.61 Å². The third-order valence-electron chi connectivity index (χ3n) is 4.98. The van der Waals surface area contributed by atoms with Crippen molar-refractivity contribution in [2.45, 2.75) is 92.7 Å². The van der Waals surface area contributed by atoms with E-state index in [1.807, 2.05) is 11.8 Å². The number of hydrogen-bond acceptors (Lipinski definition) is 3. The number of carbonyl (C=O) groups is 1. The van der Waals surface area contributed by atoms with Gasteiger partial charge in [-0.15, -0.1) is 0 Å². The number of hydrogen-bond donors (Lipinski definition) is 1. The van der Waals surface area contributed by atoms with Gasteiger partial charge in [-0.05, 0) is 49.2 Å². The van der Waals surface area contributed by atoms with E-state index in [-0.39, 0.29) is 22.2 Å². The fraction of sp³-hybridized carbons (Fsp3) is 0.955. The second-order valence-electron chi connectivity index (χ2n) is 10.4. The molecule has 0 saturated heterocycles. The lowest BCUT2D eigenvalue weighted by atomic mass is 9.77. The van der Waals surface area contributed by atoms with Crippen molar-refractivity contribution in [2.75, 3.05) is 26.0 Å². The number of carbonyl (C=O) groups excluding carboxylic acids is 1. The summed E-state index contributed by atoms with van der Waals surface area (Å²) in [5.74, 6) is 0.189. The lowest BCUT2D eigenvalue weighted by Gasteiger charge is -2.31. The molecule has 0 aliphatic carbocycles. The zero-order valence-corrected chi connectivity index (χ0v) is 19.8. The topological polar surface area (TPSA) is 38.3 Å². The van der Waals surface area contributed by atoms with E-state index in [0.717, 1.165) is 51.9 Å². The van der Waals surface area contributed by atoms with Crippen molar-refractivity contribution in [3.63, 3.8) is 0 Å². The van der Waals surface area contributed by atoms with E-state index in [4.69, 9.17) is 4.74 Å². The SMILES string of the molecule is CSC(C)CCCNC(=O)C(C)(C)CCC(C)(C)CCOCC(C)(C)C. The molecule has 0 aliphatic rings. The van der Waals surface area contributed by atoms with Crippen LogP contribution in [0.15, 0.2) is 0 Å². The minimum atomic E-state index is -0.311. The van der Waals surface area contributed by atoms with Crippen LogP contribution in [-0.4, -0.2) is 37.2 Å². The lowest BCUT2D eigenvalue weighted by Crippen LogP contribution is -2.38. The molecular weight excluding hydrogens is 342 g/mol. The van der Waals surface area contributed by atoms with E-state index in [2.05, 4.69) is 67.0 Å². The average molecular weight is 388 g/mol. The molecule has 26 heavy (non-hydrogen) atoms. The molecule has 0 spiro atoms. The average Bonchev–Trinajstić information content (AvgIpc) is 2.52. The maximum Gasteiger partial charge on any atom is 0.225 e. The Balaban J connectivity index is 4.16. The molecule has 0 aromatic rings. The second-order valence-corrected chi connectivity index (χ2v) is 11.6. The van der Waals surface area contributed by atoms with Gasteiger partial charge in [-0.3, -0.25) is 4.79 Å². The van der Waals surface area contributed by atoms with Gasteiger partial charge in [0.25, 0.3) is 0 Å². The van der Waals surface area contributed by atoms with E-state index in [1.165, 1.54) is 0 Å². The Kier molecular flexibility index (Phi) is 11.5. The molecular formula is C22H45NO2S. The molecule has 3 nitrogen and oxygen atoms in total. The van der Waals surface area contributed by atoms with Gasteiger partial charge in [-0.25, -0.2) is 0 Å². The minimum Gasteiger partial charge on any atom is -0.381 e.